The van der Waals surface area contributed by atoms with Crippen LogP contribution in [0.3, 0.4) is 0 Å². The predicted molar refractivity (Wildman–Crippen MR) is 120 cm³/mol. The summed E-state index contributed by atoms with van der Waals surface area (Å²) in [4.78, 5) is 88.8. The van der Waals surface area contributed by atoms with Gasteiger partial charge in [0, 0.05) is 52.4 Å². The monoisotopic (exact) mass is 563 g/mol. The zero-order valence-electron chi connectivity index (χ0n) is 19.2. The summed E-state index contributed by atoms with van der Waals surface area (Å²) >= 11 is 0. The molecule has 1 fully saturated rings. The van der Waals surface area contributed by atoms with E-state index >= 15 is 0 Å². The summed E-state index contributed by atoms with van der Waals surface area (Å²) in [6, 6.07) is 0. The van der Waals surface area contributed by atoms with Crippen molar-refractivity contribution in [2.24, 2.45) is 0 Å². The molecule has 20 heteroatoms. The Morgan fingerprint density at radius 2 is 0.750 bits per heavy atom. The van der Waals surface area contributed by atoms with Gasteiger partial charge in [0.2, 0.25) is 0 Å². The fourth-order valence-corrected chi connectivity index (χ4v) is 5.40. The van der Waals surface area contributed by atoms with Crippen molar-refractivity contribution in [1.29, 1.82) is 0 Å². The highest BCUT2D eigenvalue weighted by Gasteiger charge is 2.44. The second kappa shape index (κ2) is 14.1. The van der Waals surface area contributed by atoms with Gasteiger partial charge < -0.3 is 34.9 Å². The quantitative estimate of drug-likeness (QED) is 0.127. The van der Waals surface area contributed by atoms with Gasteiger partial charge >= 0.3 is 33.4 Å². The summed E-state index contributed by atoms with van der Waals surface area (Å²) in [5, 5.41) is 27.5. The molecule has 0 aromatic rings. The van der Waals surface area contributed by atoms with Crippen LogP contribution in [0.15, 0.2) is 0 Å². The van der Waals surface area contributed by atoms with E-state index in [4.69, 9.17) is 5.11 Å². The van der Waals surface area contributed by atoms with Gasteiger partial charge in [0.1, 0.15) is 0 Å². The molecular weight excluding hydrogens is 532 g/mol. The molecule has 1 rings (SSSR count). The lowest BCUT2D eigenvalue weighted by Gasteiger charge is -2.33. The van der Waals surface area contributed by atoms with Gasteiger partial charge in [-0.1, -0.05) is 0 Å². The molecule has 0 atom stereocenters. The zero-order valence-corrected chi connectivity index (χ0v) is 21.0. The number of aliphatic carboxylic acids is 3. The summed E-state index contributed by atoms with van der Waals surface area (Å²) in [6.07, 6.45) is 0. The number of hydrogen-bond acceptors (Lipinski definition) is 10. The highest BCUT2D eigenvalue weighted by Crippen LogP contribution is 2.57. The van der Waals surface area contributed by atoms with E-state index in [1.54, 1.807) is 0 Å². The van der Waals surface area contributed by atoms with Crippen LogP contribution in [0.4, 0.5) is 0 Å². The summed E-state index contributed by atoms with van der Waals surface area (Å²) in [5.74, 6) is -5.07. The van der Waals surface area contributed by atoms with Gasteiger partial charge in [0.25, 0.3) is 5.91 Å². The van der Waals surface area contributed by atoms with Crippen molar-refractivity contribution >= 4 is 39.3 Å². The van der Waals surface area contributed by atoms with Gasteiger partial charge in [0.15, 0.2) is 0 Å². The maximum atomic E-state index is 12.5. The Morgan fingerprint density at radius 1 is 0.528 bits per heavy atom. The minimum absolute atomic E-state index is 0.00869. The molecule has 1 amide bonds. The largest absolute Gasteiger partial charge is 0.480 e. The zero-order chi connectivity index (χ0) is 27.7. The Bertz CT molecular complexity index is 840. The third-order valence-corrected chi connectivity index (χ3v) is 7.91. The molecule has 1 heterocycles. The molecule has 18 nitrogen and oxygen atoms in total. The molecule has 7 N–H and O–H groups in total. The summed E-state index contributed by atoms with van der Waals surface area (Å²) < 4.78 is 22.2. The standard InChI is InChI=1S/C16H31N5O13P2/c22-13(21(35(29,30)31)36(32,33)34)9-17-1-3-18(10-14(23)24)5-7-20(12-16(27)28)8-6-19(4-2-17)11-15(25)26/h1-12H2,(H,23,24)(H,25,26)(H,27,28)(H2,29,30,31)(H2,32,33,34). The normalized spacial score (nSPS) is 18.7. The van der Waals surface area contributed by atoms with Crippen LogP contribution in [0.25, 0.3) is 0 Å². The number of nitrogens with zero attached hydrogens (tertiary/aromatic N) is 5. The smallest absolute Gasteiger partial charge is 0.441 e. The van der Waals surface area contributed by atoms with Gasteiger partial charge in [-0.3, -0.25) is 38.8 Å². The average molecular weight is 563 g/mol. The lowest BCUT2D eigenvalue weighted by atomic mass is 10.3. The van der Waals surface area contributed by atoms with E-state index in [-0.39, 0.29) is 58.9 Å². The van der Waals surface area contributed by atoms with Crippen LogP contribution < -0.4 is 0 Å². The van der Waals surface area contributed by atoms with Gasteiger partial charge in [0.05, 0.1) is 26.2 Å². The highest BCUT2D eigenvalue weighted by atomic mass is 31.3. The van der Waals surface area contributed by atoms with Crippen LogP contribution >= 0.6 is 15.5 Å². The Labute approximate surface area is 205 Å². The molecule has 0 aromatic carbocycles. The van der Waals surface area contributed by atoms with Crippen LogP contribution in [0, 0.1) is 0 Å². The number of carbonyl (C=O) groups excluding carboxylic acids is 1. The van der Waals surface area contributed by atoms with E-state index in [1.165, 1.54) is 19.6 Å². The van der Waals surface area contributed by atoms with E-state index < -0.39 is 63.4 Å². The Morgan fingerprint density at radius 3 is 0.944 bits per heavy atom. The number of amides is 1. The van der Waals surface area contributed by atoms with Gasteiger partial charge in [-0.2, -0.15) is 4.44 Å². The highest BCUT2D eigenvalue weighted by molar-refractivity contribution is 7.66. The average Bonchev–Trinajstić information content (AvgIpc) is 2.66. The first kappa shape index (κ1) is 32.0. The van der Waals surface area contributed by atoms with Crippen LogP contribution in [-0.4, -0.2) is 161 Å². The molecule has 0 aromatic heterocycles. The summed E-state index contributed by atoms with van der Waals surface area (Å²) in [7, 11) is -11.4. The molecule has 1 aliphatic heterocycles. The topological polar surface area (TPSA) is 260 Å². The fourth-order valence-electron chi connectivity index (χ4n) is 3.48. The first-order valence-electron chi connectivity index (χ1n) is 10.5. The van der Waals surface area contributed by atoms with Gasteiger partial charge in [-0.05, 0) is 0 Å². The van der Waals surface area contributed by atoms with Crippen molar-refractivity contribution in [3.8, 4) is 0 Å². The molecule has 1 aliphatic rings. The van der Waals surface area contributed by atoms with Crippen LogP contribution in [-0.2, 0) is 28.3 Å². The maximum Gasteiger partial charge on any atom is 0.441 e. The second-order valence-corrected chi connectivity index (χ2v) is 11.2. The second-order valence-electron chi connectivity index (χ2n) is 8.00. The number of rotatable bonds is 10. The first-order chi connectivity index (χ1) is 16.5. The minimum atomic E-state index is -5.69. The summed E-state index contributed by atoms with van der Waals surface area (Å²) in [5.41, 5.74) is 0. The van der Waals surface area contributed by atoms with Crippen molar-refractivity contribution in [2.75, 3.05) is 78.5 Å². The first-order valence-corrected chi connectivity index (χ1v) is 13.6. The van der Waals surface area contributed by atoms with Crippen LogP contribution in [0.2, 0.25) is 0 Å². The Balaban J connectivity index is 3.16. The lowest BCUT2D eigenvalue weighted by molar-refractivity contribution is -0.140. The fraction of sp³-hybridized carbons (Fsp3) is 0.750. The molecule has 36 heavy (non-hydrogen) atoms. The molecule has 0 spiro atoms. The number of carbonyl (C=O) groups is 4. The van der Waals surface area contributed by atoms with Gasteiger partial charge in [-0.15, -0.1) is 0 Å². The minimum Gasteiger partial charge on any atom is -0.480 e. The molecule has 0 unspecified atom stereocenters. The third kappa shape index (κ3) is 12.3. The third-order valence-electron chi connectivity index (χ3n) is 5.08. The molecule has 0 saturated carbocycles. The molecule has 1 saturated heterocycles. The van der Waals surface area contributed by atoms with E-state index in [0.717, 1.165) is 0 Å². The molecule has 208 valence electrons. The number of carboxylic acid groups (broad SMARTS) is 3. The van der Waals surface area contributed by atoms with E-state index in [1.807, 2.05) is 0 Å². The van der Waals surface area contributed by atoms with Crippen molar-refractivity contribution in [2.45, 2.75) is 0 Å². The van der Waals surface area contributed by atoms with E-state index in [9.17, 15) is 58.1 Å². The molecule has 0 bridgehead atoms. The van der Waals surface area contributed by atoms with Crippen molar-refractivity contribution in [1.82, 2.24) is 24.0 Å². The Hall–Kier alpha value is -1.98. The van der Waals surface area contributed by atoms with Crippen LogP contribution in [0.1, 0.15) is 0 Å². The number of carboxylic acids is 3. The van der Waals surface area contributed by atoms with Crippen LogP contribution in [0.5, 0.6) is 0 Å². The van der Waals surface area contributed by atoms with E-state index in [2.05, 4.69) is 0 Å². The lowest BCUT2D eigenvalue weighted by Crippen LogP contribution is -2.49. The summed E-state index contributed by atoms with van der Waals surface area (Å²) in [6.45, 7) is -1.84. The van der Waals surface area contributed by atoms with Crippen molar-refractivity contribution < 1.29 is 63.2 Å². The van der Waals surface area contributed by atoms with Gasteiger partial charge in [-0.25, -0.2) is 9.13 Å². The van der Waals surface area contributed by atoms with E-state index in [0.29, 0.717) is 0 Å². The molecule has 0 aliphatic carbocycles. The molecule has 0 radical (unpaired) electrons. The predicted octanol–water partition coefficient (Wildman–Crippen LogP) is -3.52. The van der Waals surface area contributed by atoms with Crippen molar-refractivity contribution in [3.05, 3.63) is 0 Å². The number of hydrogen-bond donors (Lipinski definition) is 7. The molecular formula is C16H31N5O13P2. The Kier molecular flexibility index (Phi) is 12.5. The SMILES string of the molecule is O=C(O)CN1CCN(CC(=O)O)CCN(CC(=O)N(P(=O)(O)O)P(=O)(O)O)CCN(CC(=O)O)CC1. The van der Waals surface area contributed by atoms with Crippen molar-refractivity contribution in [3.63, 3.8) is 0 Å². The maximum absolute atomic E-state index is 12.5.